The van der Waals surface area contributed by atoms with Crippen LogP contribution in [0.25, 0.3) is 16.5 Å². The number of benzene rings is 1. The van der Waals surface area contributed by atoms with E-state index >= 15 is 0 Å². The lowest BCUT2D eigenvalue weighted by molar-refractivity contribution is -0.109. The first-order chi connectivity index (χ1) is 8.83. The zero-order valence-electron chi connectivity index (χ0n) is 10.1. The lowest BCUT2D eigenvalue weighted by Crippen LogP contribution is -2.14. The number of rotatable bonds is 3. The molecule has 1 atom stereocenters. The summed E-state index contributed by atoms with van der Waals surface area (Å²) in [7, 11) is 0. The molecule has 3 N–H and O–H groups in total. The van der Waals surface area contributed by atoms with E-state index in [4.69, 9.17) is 5.73 Å². The van der Waals surface area contributed by atoms with Gasteiger partial charge in [-0.3, -0.25) is 0 Å². The molecular formula is C15H16N2O. The number of hydrogen-bond acceptors (Lipinski definition) is 2. The summed E-state index contributed by atoms with van der Waals surface area (Å²) in [6.07, 6.45) is 7.05. The van der Waals surface area contributed by atoms with Gasteiger partial charge in [0.1, 0.15) is 6.29 Å². The van der Waals surface area contributed by atoms with Crippen LogP contribution in [0.3, 0.4) is 0 Å². The molecule has 3 heteroatoms. The van der Waals surface area contributed by atoms with E-state index in [1.807, 2.05) is 6.08 Å². The second kappa shape index (κ2) is 4.42. The van der Waals surface area contributed by atoms with Gasteiger partial charge >= 0.3 is 0 Å². The quantitative estimate of drug-likeness (QED) is 0.808. The summed E-state index contributed by atoms with van der Waals surface area (Å²) in [5.74, 6) is -0.171. The highest BCUT2D eigenvalue weighted by Gasteiger charge is 2.18. The van der Waals surface area contributed by atoms with E-state index in [1.54, 1.807) is 0 Å². The fourth-order valence-electron chi connectivity index (χ4n) is 2.72. The Kier molecular flexibility index (Phi) is 2.76. The Bertz CT molecular complexity index is 624. The number of aldehydes is 1. The van der Waals surface area contributed by atoms with Crippen LogP contribution in [0.1, 0.15) is 17.5 Å². The van der Waals surface area contributed by atoms with Gasteiger partial charge in [0, 0.05) is 29.6 Å². The molecule has 0 bridgehead atoms. The molecule has 3 nitrogen and oxygen atoms in total. The maximum Gasteiger partial charge on any atom is 0.128 e. The zero-order chi connectivity index (χ0) is 12.5. The highest BCUT2D eigenvalue weighted by Crippen LogP contribution is 2.36. The minimum Gasteiger partial charge on any atom is -0.361 e. The summed E-state index contributed by atoms with van der Waals surface area (Å²) in [4.78, 5) is 14.2. The number of aromatic nitrogens is 1. The van der Waals surface area contributed by atoms with E-state index < -0.39 is 0 Å². The van der Waals surface area contributed by atoms with E-state index in [0.717, 1.165) is 19.1 Å². The molecule has 1 aromatic heterocycles. The summed E-state index contributed by atoms with van der Waals surface area (Å²) < 4.78 is 0. The van der Waals surface area contributed by atoms with Crippen LogP contribution < -0.4 is 5.73 Å². The summed E-state index contributed by atoms with van der Waals surface area (Å²) in [5.41, 5.74) is 10.6. The highest BCUT2D eigenvalue weighted by molar-refractivity contribution is 5.97. The van der Waals surface area contributed by atoms with Crippen LogP contribution in [0.15, 0.2) is 30.5 Å². The van der Waals surface area contributed by atoms with Crippen molar-refractivity contribution >= 4 is 22.8 Å². The van der Waals surface area contributed by atoms with Crippen molar-refractivity contribution in [2.45, 2.75) is 12.8 Å². The van der Waals surface area contributed by atoms with Crippen LogP contribution in [0.4, 0.5) is 0 Å². The molecule has 0 amide bonds. The van der Waals surface area contributed by atoms with Gasteiger partial charge in [-0.25, -0.2) is 0 Å². The Morgan fingerprint density at radius 2 is 2.28 bits per heavy atom. The van der Waals surface area contributed by atoms with Crippen LogP contribution in [-0.2, 0) is 11.2 Å². The van der Waals surface area contributed by atoms with Crippen molar-refractivity contribution in [3.63, 3.8) is 0 Å². The molecular weight excluding hydrogens is 224 g/mol. The second-order valence-corrected chi connectivity index (χ2v) is 4.77. The lowest BCUT2D eigenvalue weighted by atomic mass is 9.87. The molecule has 0 saturated heterocycles. The molecule has 0 radical (unpaired) electrons. The van der Waals surface area contributed by atoms with Crippen molar-refractivity contribution in [2.75, 3.05) is 6.54 Å². The van der Waals surface area contributed by atoms with Gasteiger partial charge in [-0.15, -0.1) is 0 Å². The van der Waals surface area contributed by atoms with E-state index in [9.17, 15) is 4.79 Å². The van der Waals surface area contributed by atoms with Gasteiger partial charge in [-0.05, 0) is 35.6 Å². The van der Waals surface area contributed by atoms with Crippen molar-refractivity contribution in [3.05, 3.63) is 41.6 Å². The molecule has 1 aliphatic rings. The maximum absolute atomic E-state index is 10.9. The Morgan fingerprint density at radius 1 is 1.39 bits per heavy atom. The number of aromatic amines is 1. The van der Waals surface area contributed by atoms with E-state index in [0.29, 0.717) is 6.54 Å². The molecule has 18 heavy (non-hydrogen) atoms. The molecule has 3 rings (SSSR count). The van der Waals surface area contributed by atoms with Crippen molar-refractivity contribution < 1.29 is 4.79 Å². The van der Waals surface area contributed by atoms with Crippen LogP contribution in [-0.4, -0.2) is 17.8 Å². The molecule has 92 valence electrons. The smallest absolute Gasteiger partial charge is 0.128 e. The average molecular weight is 240 g/mol. The molecule has 2 aromatic rings. The minimum atomic E-state index is -0.171. The SMILES string of the molecule is NCC(C=O)/C=C1\CCc2c[nH]c3cccc1c23. The molecule has 0 saturated carbocycles. The van der Waals surface area contributed by atoms with Gasteiger partial charge in [-0.1, -0.05) is 18.2 Å². The van der Waals surface area contributed by atoms with Gasteiger partial charge in [-0.2, -0.15) is 0 Å². The molecule has 1 unspecified atom stereocenters. The zero-order valence-corrected chi connectivity index (χ0v) is 10.1. The predicted molar refractivity (Wildman–Crippen MR) is 73.2 cm³/mol. The first-order valence-electron chi connectivity index (χ1n) is 6.29. The predicted octanol–water partition coefficient (Wildman–Crippen LogP) is 2.27. The number of nitrogens with two attached hydrogens (primary N) is 1. The van der Waals surface area contributed by atoms with Gasteiger partial charge in [0.05, 0.1) is 0 Å². The second-order valence-electron chi connectivity index (χ2n) is 4.77. The summed E-state index contributed by atoms with van der Waals surface area (Å²) in [6.45, 7) is 0.378. The van der Waals surface area contributed by atoms with Crippen molar-refractivity contribution in [2.24, 2.45) is 11.7 Å². The monoisotopic (exact) mass is 240 g/mol. The summed E-state index contributed by atoms with van der Waals surface area (Å²) in [6, 6.07) is 6.27. The topological polar surface area (TPSA) is 58.9 Å². The number of aryl methyl sites for hydroxylation is 1. The van der Waals surface area contributed by atoms with Crippen molar-refractivity contribution in [1.82, 2.24) is 4.98 Å². The number of H-pyrrole nitrogens is 1. The first kappa shape index (κ1) is 11.2. The Balaban J connectivity index is 2.15. The van der Waals surface area contributed by atoms with Gasteiger partial charge in [0.25, 0.3) is 0 Å². The van der Waals surface area contributed by atoms with Crippen molar-refractivity contribution in [1.29, 1.82) is 0 Å². The number of hydrogen-bond donors (Lipinski definition) is 2. The lowest BCUT2D eigenvalue weighted by Gasteiger charge is -2.17. The molecule has 1 heterocycles. The standard InChI is InChI=1S/C15H16N2O/c16-7-10(9-18)6-11-4-5-12-8-17-14-3-1-2-13(11)15(12)14/h1-3,6,8-10,17H,4-5,7,16H2/b11-6+. The highest BCUT2D eigenvalue weighted by atomic mass is 16.1. The Hall–Kier alpha value is -1.87. The van der Waals surface area contributed by atoms with Crippen LogP contribution in [0, 0.1) is 5.92 Å². The molecule has 0 spiro atoms. The van der Waals surface area contributed by atoms with E-state index in [1.165, 1.54) is 27.6 Å². The number of nitrogens with one attached hydrogen (secondary N) is 1. The minimum absolute atomic E-state index is 0.171. The van der Waals surface area contributed by atoms with Crippen LogP contribution >= 0.6 is 0 Å². The molecule has 0 fully saturated rings. The normalized spacial score (nSPS) is 18.2. The third-order valence-corrected chi connectivity index (χ3v) is 3.66. The summed E-state index contributed by atoms with van der Waals surface area (Å²) >= 11 is 0. The number of carbonyl (C=O) groups is 1. The number of allylic oxidation sites excluding steroid dienone is 1. The largest absolute Gasteiger partial charge is 0.361 e. The maximum atomic E-state index is 10.9. The average Bonchev–Trinajstić information content (AvgIpc) is 2.83. The Labute approximate surface area is 106 Å². The van der Waals surface area contributed by atoms with Gasteiger partial charge in [0.15, 0.2) is 0 Å². The first-order valence-corrected chi connectivity index (χ1v) is 6.29. The fourth-order valence-corrected chi connectivity index (χ4v) is 2.72. The third kappa shape index (κ3) is 1.68. The Morgan fingerprint density at radius 3 is 3.06 bits per heavy atom. The van der Waals surface area contributed by atoms with E-state index in [-0.39, 0.29) is 5.92 Å². The van der Waals surface area contributed by atoms with Crippen LogP contribution in [0.5, 0.6) is 0 Å². The molecule has 0 aliphatic heterocycles. The van der Waals surface area contributed by atoms with Gasteiger partial charge < -0.3 is 15.5 Å². The van der Waals surface area contributed by atoms with Crippen LogP contribution in [0.2, 0.25) is 0 Å². The van der Waals surface area contributed by atoms with Gasteiger partial charge in [0.2, 0.25) is 0 Å². The summed E-state index contributed by atoms with van der Waals surface area (Å²) in [5, 5.41) is 1.30. The number of carbonyl (C=O) groups excluding carboxylic acids is 1. The van der Waals surface area contributed by atoms with E-state index in [2.05, 4.69) is 29.4 Å². The van der Waals surface area contributed by atoms with Crippen molar-refractivity contribution in [3.8, 4) is 0 Å². The molecule has 1 aliphatic carbocycles. The molecule has 1 aromatic carbocycles. The third-order valence-electron chi connectivity index (χ3n) is 3.66. The fraction of sp³-hybridized carbons (Fsp3) is 0.267.